The molecule has 3 nitrogen and oxygen atoms in total. The lowest BCUT2D eigenvalue weighted by molar-refractivity contribution is -0.137. The Morgan fingerprint density at radius 1 is 1.10 bits per heavy atom. The van der Waals surface area contributed by atoms with Gasteiger partial charge >= 0.3 is 6.18 Å². The highest BCUT2D eigenvalue weighted by Gasteiger charge is 2.30. The highest BCUT2D eigenvalue weighted by molar-refractivity contribution is 7.17. The second-order valence-electron chi connectivity index (χ2n) is 6.41. The van der Waals surface area contributed by atoms with E-state index >= 15 is 0 Å². The number of benzene rings is 3. The number of halogens is 3. The molecule has 1 amide bonds. The van der Waals surface area contributed by atoms with Gasteiger partial charge in [0.2, 0.25) is 0 Å². The summed E-state index contributed by atoms with van der Waals surface area (Å²) in [5, 5.41) is 2.09. The average Bonchev–Trinajstić information content (AvgIpc) is 3.05. The van der Waals surface area contributed by atoms with Crippen LogP contribution in [0.4, 0.5) is 13.2 Å². The van der Waals surface area contributed by atoms with Crippen LogP contribution >= 0.6 is 11.3 Å². The van der Waals surface area contributed by atoms with Gasteiger partial charge in [0.05, 0.1) is 15.8 Å². The molecule has 0 aliphatic heterocycles. The summed E-state index contributed by atoms with van der Waals surface area (Å²) < 4.78 is 41.7. The zero-order valence-corrected chi connectivity index (χ0v) is 15.9. The molecular formula is C22H15F3N2OS. The first-order chi connectivity index (χ1) is 13.9. The van der Waals surface area contributed by atoms with Gasteiger partial charge < -0.3 is 4.57 Å². The SMILES string of the molecule is C=CCn1c(=NC(=O)c2cccc(C(F)(F)F)c2)sc2c3ccccc3ccc21. The van der Waals surface area contributed by atoms with E-state index in [9.17, 15) is 18.0 Å². The van der Waals surface area contributed by atoms with Crippen molar-refractivity contribution in [2.75, 3.05) is 0 Å². The Labute approximate surface area is 168 Å². The molecule has 0 spiro atoms. The molecule has 1 aromatic heterocycles. The molecule has 0 saturated carbocycles. The number of fused-ring (bicyclic) bond motifs is 3. The van der Waals surface area contributed by atoms with Gasteiger partial charge in [-0.15, -0.1) is 6.58 Å². The molecule has 0 radical (unpaired) electrons. The minimum Gasteiger partial charge on any atom is -0.312 e. The van der Waals surface area contributed by atoms with E-state index in [1.807, 2.05) is 41.0 Å². The summed E-state index contributed by atoms with van der Waals surface area (Å²) in [5.74, 6) is -0.718. The number of carbonyl (C=O) groups excluding carboxylic acids is 1. The first-order valence-electron chi connectivity index (χ1n) is 8.77. The molecule has 0 aliphatic rings. The van der Waals surface area contributed by atoms with Crippen LogP contribution in [-0.4, -0.2) is 10.5 Å². The fourth-order valence-corrected chi connectivity index (χ4v) is 4.34. The maximum Gasteiger partial charge on any atom is 0.416 e. The maximum absolute atomic E-state index is 13.0. The number of aromatic nitrogens is 1. The fourth-order valence-electron chi connectivity index (χ4n) is 3.17. The molecule has 146 valence electrons. The number of hydrogen-bond donors (Lipinski definition) is 0. The Bertz CT molecular complexity index is 1320. The normalized spacial score (nSPS) is 12.6. The highest BCUT2D eigenvalue weighted by Crippen LogP contribution is 2.30. The van der Waals surface area contributed by atoms with Crippen molar-refractivity contribution in [1.82, 2.24) is 4.57 Å². The Hall–Kier alpha value is -3.19. The van der Waals surface area contributed by atoms with Crippen molar-refractivity contribution in [3.8, 4) is 0 Å². The molecule has 0 bridgehead atoms. The molecule has 29 heavy (non-hydrogen) atoms. The maximum atomic E-state index is 13.0. The Kier molecular flexibility index (Phi) is 4.84. The van der Waals surface area contributed by atoms with E-state index < -0.39 is 17.6 Å². The highest BCUT2D eigenvalue weighted by atomic mass is 32.1. The summed E-state index contributed by atoms with van der Waals surface area (Å²) in [4.78, 5) is 17.2. The van der Waals surface area contributed by atoms with Gasteiger partial charge in [-0.05, 0) is 29.7 Å². The molecule has 0 saturated heterocycles. The predicted molar refractivity (Wildman–Crippen MR) is 109 cm³/mol. The number of hydrogen-bond acceptors (Lipinski definition) is 2. The molecule has 0 N–H and O–H groups in total. The second kappa shape index (κ2) is 7.33. The number of allylic oxidation sites excluding steroid dienone is 1. The van der Waals surface area contributed by atoms with E-state index in [4.69, 9.17) is 0 Å². The molecule has 0 aliphatic carbocycles. The van der Waals surface area contributed by atoms with E-state index in [0.717, 1.165) is 33.1 Å². The summed E-state index contributed by atoms with van der Waals surface area (Å²) in [6.07, 6.45) is -2.83. The fraction of sp³-hybridized carbons (Fsp3) is 0.0909. The molecule has 4 rings (SSSR count). The van der Waals surface area contributed by atoms with Crippen LogP contribution in [0.1, 0.15) is 15.9 Å². The van der Waals surface area contributed by atoms with E-state index in [1.54, 1.807) is 6.08 Å². The summed E-state index contributed by atoms with van der Waals surface area (Å²) in [6, 6.07) is 16.1. The van der Waals surface area contributed by atoms with Crippen molar-refractivity contribution < 1.29 is 18.0 Å². The van der Waals surface area contributed by atoms with Gasteiger partial charge in [0.1, 0.15) is 0 Å². The zero-order chi connectivity index (χ0) is 20.6. The van der Waals surface area contributed by atoms with Gasteiger partial charge in [0.15, 0.2) is 4.80 Å². The van der Waals surface area contributed by atoms with Gasteiger partial charge in [0.25, 0.3) is 5.91 Å². The second-order valence-corrected chi connectivity index (χ2v) is 7.39. The van der Waals surface area contributed by atoms with Crippen LogP contribution in [0, 0.1) is 0 Å². The van der Waals surface area contributed by atoms with Crippen LogP contribution in [0.3, 0.4) is 0 Å². The van der Waals surface area contributed by atoms with Crippen LogP contribution in [0.15, 0.2) is 78.3 Å². The van der Waals surface area contributed by atoms with Crippen molar-refractivity contribution in [3.05, 3.63) is 89.2 Å². The minimum atomic E-state index is -4.52. The van der Waals surface area contributed by atoms with Gasteiger partial charge in [-0.3, -0.25) is 4.79 Å². The largest absolute Gasteiger partial charge is 0.416 e. The third-order valence-electron chi connectivity index (χ3n) is 4.52. The lowest BCUT2D eigenvalue weighted by Gasteiger charge is -2.06. The summed E-state index contributed by atoms with van der Waals surface area (Å²) in [6.45, 7) is 4.18. The minimum absolute atomic E-state index is 0.104. The molecule has 0 unspecified atom stereocenters. The lowest BCUT2D eigenvalue weighted by Crippen LogP contribution is -2.16. The number of carbonyl (C=O) groups is 1. The van der Waals surface area contributed by atoms with Crippen LogP contribution < -0.4 is 4.80 Å². The zero-order valence-electron chi connectivity index (χ0n) is 15.1. The first-order valence-corrected chi connectivity index (χ1v) is 9.58. The van der Waals surface area contributed by atoms with Crippen LogP contribution in [0.2, 0.25) is 0 Å². The van der Waals surface area contributed by atoms with E-state index in [-0.39, 0.29) is 5.56 Å². The topological polar surface area (TPSA) is 34.4 Å². The van der Waals surface area contributed by atoms with Crippen LogP contribution in [0.5, 0.6) is 0 Å². The third kappa shape index (κ3) is 3.61. The average molecular weight is 412 g/mol. The van der Waals surface area contributed by atoms with Gasteiger partial charge in [0, 0.05) is 17.5 Å². The van der Waals surface area contributed by atoms with E-state index in [2.05, 4.69) is 11.6 Å². The Morgan fingerprint density at radius 2 is 1.90 bits per heavy atom. The predicted octanol–water partition coefficient (Wildman–Crippen LogP) is 5.80. The smallest absolute Gasteiger partial charge is 0.312 e. The molecule has 4 aromatic rings. The molecule has 3 aromatic carbocycles. The van der Waals surface area contributed by atoms with Crippen molar-refractivity contribution >= 4 is 38.2 Å². The van der Waals surface area contributed by atoms with Gasteiger partial charge in [-0.25, -0.2) is 0 Å². The first kappa shape index (κ1) is 19.1. The molecule has 0 fully saturated rings. The Morgan fingerprint density at radius 3 is 2.66 bits per heavy atom. The Balaban J connectivity index is 1.89. The van der Waals surface area contributed by atoms with E-state index in [0.29, 0.717) is 11.3 Å². The summed E-state index contributed by atoms with van der Waals surface area (Å²) in [7, 11) is 0. The number of nitrogens with zero attached hydrogens (tertiary/aromatic N) is 2. The number of amides is 1. The van der Waals surface area contributed by atoms with Gasteiger partial charge in [-0.1, -0.05) is 53.8 Å². The van der Waals surface area contributed by atoms with Crippen molar-refractivity contribution in [2.24, 2.45) is 4.99 Å². The summed E-state index contributed by atoms with van der Waals surface area (Å²) in [5.41, 5.74) is -0.0867. The van der Waals surface area contributed by atoms with E-state index in [1.165, 1.54) is 23.5 Å². The third-order valence-corrected chi connectivity index (χ3v) is 5.65. The van der Waals surface area contributed by atoms with Gasteiger partial charge in [-0.2, -0.15) is 18.2 Å². The molecule has 1 heterocycles. The number of rotatable bonds is 3. The van der Waals surface area contributed by atoms with Crippen molar-refractivity contribution in [1.29, 1.82) is 0 Å². The van der Waals surface area contributed by atoms with Crippen LogP contribution in [0.25, 0.3) is 21.0 Å². The number of alkyl halides is 3. The lowest BCUT2D eigenvalue weighted by atomic mass is 10.1. The van der Waals surface area contributed by atoms with Crippen molar-refractivity contribution in [3.63, 3.8) is 0 Å². The van der Waals surface area contributed by atoms with Crippen LogP contribution in [-0.2, 0) is 12.7 Å². The molecular weight excluding hydrogens is 397 g/mol. The number of thiazole rings is 1. The van der Waals surface area contributed by atoms with Crippen molar-refractivity contribution in [2.45, 2.75) is 12.7 Å². The quantitative estimate of drug-likeness (QED) is 0.392. The standard InChI is InChI=1S/C22H15F3N2OS/c1-2-12-27-18-11-10-14-6-3-4-9-17(14)19(18)29-21(27)26-20(28)15-7-5-8-16(13-15)22(23,24)25/h2-11,13H,1,12H2. The summed E-state index contributed by atoms with van der Waals surface area (Å²) >= 11 is 1.33. The monoisotopic (exact) mass is 412 g/mol. The molecule has 7 heteroatoms. The molecule has 0 atom stereocenters.